The van der Waals surface area contributed by atoms with Crippen LogP contribution in [0.5, 0.6) is 0 Å². The molecule has 18 heavy (non-hydrogen) atoms. The van der Waals surface area contributed by atoms with Gasteiger partial charge >= 0.3 is 0 Å². The number of rotatable bonds is 2. The molecule has 0 heterocycles. The monoisotopic (exact) mass is 243 g/mol. The zero-order chi connectivity index (χ0) is 12.5. The minimum absolute atomic E-state index is 0.108. The first-order chi connectivity index (χ1) is 8.72. The third kappa shape index (κ3) is 2.29. The Kier molecular flexibility index (Phi) is 3.11. The Hall–Kier alpha value is -1.31. The molecule has 0 aliphatic heterocycles. The molecule has 1 aromatic rings. The van der Waals surface area contributed by atoms with Crippen LogP contribution >= 0.6 is 0 Å². The van der Waals surface area contributed by atoms with Crippen LogP contribution in [-0.4, -0.2) is 11.9 Å². The van der Waals surface area contributed by atoms with E-state index in [2.05, 4.69) is 5.32 Å². The Morgan fingerprint density at radius 1 is 1.22 bits per heavy atom. The maximum Gasteiger partial charge on any atom is 0.251 e. The molecule has 4 rings (SSSR count). The highest BCUT2D eigenvalue weighted by Gasteiger charge is 2.36. The van der Waals surface area contributed by atoms with Gasteiger partial charge in [0, 0.05) is 11.6 Å². The van der Waals surface area contributed by atoms with Gasteiger partial charge in [0.15, 0.2) is 0 Å². The molecule has 2 nitrogen and oxygen atoms in total. The summed E-state index contributed by atoms with van der Waals surface area (Å²) in [5.74, 6) is 1.69. The van der Waals surface area contributed by atoms with Crippen LogP contribution in [0.3, 0.4) is 0 Å². The molecule has 0 spiro atoms. The molecular weight excluding hydrogens is 222 g/mol. The van der Waals surface area contributed by atoms with Crippen molar-refractivity contribution < 1.29 is 4.79 Å². The van der Waals surface area contributed by atoms with Gasteiger partial charge in [0.1, 0.15) is 0 Å². The van der Waals surface area contributed by atoms with Crippen molar-refractivity contribution in [1.82, 2.24) is 5.32 Å². The molecule has 2 heteroatoms. The summed E-state index contributed by atoms with van der Waals surface area (Å²) in [5, 5.41) is 3.25. The third-order valence-corrected chi connectivity index (χ3v) is 4.64. The highest BCUT2D eigenvalue weighted by atomic mass is 16.1. The number of amides is 1. The van der Waals surface area contributed by atoms with Crippen LogP contribution in [0.4, 0.5) is 0 Å². The molecule has 3 aliphatic rings. The minimum Gasteiger partial charge on any atom is -0.349 e. The van der Waals surface area contributed by atoms with Gasteiger partial charge < -0.3 is 5.32 Å². The molecule has 1 unspecified atom stereocenters. The van der Waals surface area contributed by atoms with Crippen molar-refractivity contribution in [2.24, 2.45) is 11.8 Å². The van der Waals surface area contributed by atoms with Gasteiger partial charge in [-0.05, 0) is 50.2 Å². The highest BCUT2D eigenvalue weighted by molar-refractivity contribution is 5.94. The van der Waals surface area contributed by atoms with E-state index in [1.807, 2.05) is 31.2 Å². The molecule has 1 amide bonds. The summed E-state index contributed by atoms with van der Waals surface area (Å²) < 4.78 is 0. The number of benzene rings is 1. The molecule has 96 valence electrons. The highest BCUT2D eigenvalue weighted by Crippen LogP contribution is 2.41. The first-order valence-electron chi connectivity index (χ1n) is 7.10. The van der Waals surface area contributed by atoms with Crippen LogP contribution in [0.2, 0.25) is 0 Å². The third-order valence-electron chi connectivity index (χ3n) is 4.64. The van der Waals surface area contributed by atoms with E-state index < -0.39 is 0 Å². The van der Waals surface area contributed by atoms with Gasteiger partial charge in [-0.3, -0.25) is 4.79 Å². The Bertz CT molecular complexity index is 446. The maximum atomic E-state index is 12.2. The van der Waals surface area contributed by atoms with Crippen LogP contribution < -0.4 is 5.32 Å². The van der Waals surface area contributed by atoms with Crippen LogP contribution in [-0.2, 0) is 0 Å². The van der Waals surface area contributed by atoms with Crippen LogP contribution in [0.25, 0.3) is 0 Å². The molecule has 1 N–H and O–H groups in total. The van der Waals surface area contributed by atoms with E-state index in [4.69, 9.17) is 0 Å². The first-order valence-corrected chi connectivity index (χ1v) is 7.10. The number of fused-ring (bicyclic) bond motifs is 3. The van der Waals surface area contributed by atoms with E-state index in [0.29, 0.717) is 6.04 Å². The Morgan fingerprint density at radius 3 is 2.61 bits per heavy atom. The number of aryl methyl sites for hydroxylation is 1. The fourth-order valence-corrected chi connectivity index (χ4v) is 3.59. The zero-order valence-corrected chi connectivity index (χ0v) is 11.0. The summed E-state index contributed by atoms with van der Waals surface area (Å²) in [6.45, 7) is 2.03. The topological polar surface area (TPSA) is 29.1 Å². The smallest absolute Gasteiger partial charge is 0.251 e. The fraction of sp³-hybridized carbons (Fsp3) is 0.562. The van der Waals surface area contributed by atoms with Crippen molar-refractivity contribution in [3.8, 4) is 0 Å². The summed E-state index contributed by atoms with van der Waals surface area (Å²) >= 11 is 0. The lowest BCUT2D eigenvalue weighted by atomic mass is 9.68. The molecule has 3 fully saturated rings. The molecular formula is C16H21NO. The number of hydrogen-bond donors (Lipinski definition) is 1. The number of carbonyl (C=O) groups is 1. The Labute approximate surface area is 109 Å². The molecule has 1 atom stereocenters. The quantitative estimate of drug-likeness (QED) is 0.848. The summed E-state index contributed by atoms with van der Waals surface area (Å²) in [6.07, 6.45) is 6.57. The Balaban J connectivity index is 1.68. The van der Waals surface area contributed by atoms with E-state index >= 15 is 0 Å². The molecule has 3 saturated carbocycles. The fourth-order valence-electron chi connectivity index (χ4n) is 3.59. The van der Waals surface area contributed by atoms with Crippen molar-refractivity contribution >= 4 is 5.91 Å². The summed E-state index contributed by atoms with van der Waals surface area (Å²) in [5.41, 5.74) is 1.95. The Morgan fingerprint density at radius 2 is 2.00 bits per heavy atom. The van der Waals surface area contributed by atoms with Crippen molar-refractivity contribution in [3.05, 3.63) is 35.4 Å². The normalized spacial score (nSPS) is 30.2. The number of nitrogens with one attached hydrogen (secondary N) is 1. The molecule has 3 aliphatic carbocycles. The second-order valence-electron chi connectivity index (χ2n) is 5.97. The van der Waals surface area contributed by atoms with E-state index in [1.54, 1.807) is 0 Å². The van der Waals surface area contributed by atoms with Gasteiger partial charge in [0.25, 0.3) is 5.91 Å². The van der Waals surface area contributed by atoms with E-state index in [1.165, 1.54) is 32.1 Å². The lowest BCUT2D eigenvalue weighted by molar-refractivity contribution is 0.0810. The molecule has 0 radical (unpaired) electrons. The first kappa shape index (κ1) is 11.8. The molecule has 1 aromatic carbocycles. The van der Waals surface area contributed by atoms with Crippen LogP contribution in [0.15, 0.2) is 24.3 Å². The van der Waals surface area contributed by atoms with Gasteiger partial charge in [-0.15, -0.1) is 0 Å². The summed E-state index contributed by atoms with van der Waals surface area (Å²) in [4.78, 5) is 12.2. The average molecular weight is 243 g/mol. The second kappa shape index (κ2) is 4.75. The predicted molar refractivity (Wildman–Crippen MR) is 72.5 cm³/mol. The number of hydrogen-bond acceptors (Lipinski definition) is 1. The van der Waals surface area contributed by atoms with Gasteiger partial charge in [0.2, 0.25) is 0 Å². The van der Waals surface area contributed by atoms with Crippen molar-refractivity contribution in [1.29, 1.82) is 0 Å². The molecule has 0 saturated heterocycles. The van der Waals surface area contributed by atoms with Gasteiger partial charge in [0.05, 0.1) is 0 Å². The van der Waals surface area contributed by atoms with E-state index in [-0.39, 0.29) is 5.91 Å². The lowest BCUT2D eigenvalue weighted by Gasteiger charge is -2.42. The van der Waals surface area contributed by atoms with Gasteiger partial charge in [-0.1, -0.05) is 30.5 Å². The standard InChI is InChI=1S/C16H21NO/c1-11-3-2-4-14(9-11)16(18)17-15-10-12-5-7-13(15)8-6-12/h2-4,9,12-13,15H,5-8,10H2,1H3,(H,17,18). The van der Waals surface area contributed by atoms with Crippen LogP contribution in [0, 0.1) is 18.8 Å². The second-order valence-corrected chi connectivity index (χ2v) is 5.97. The van der Waals surface area contributed by atoms with Crippen LogP contribution in [0.1, 0.15) is 48.0 Å². The largest absolute Gasteiger partial charge is 0.349 e. The van der Waals surface area contributed by atoms with Crippen molar-refractivity contribution in [2.75, 3.05) is 0 Å². The van der Waals surface area contributed by atoms with Crippen molar-refractivity contribution in [2.45, 2.75) is 45.1 Å². The minimum atomic E-state index is 0.108. The van der Waals surface area contributed by atoms with Crippen molar-refractivity contribution in [3.63, 3.8) is 0 Å². The summed E-state index contributed by atoms with van der Waals surface area (Å²) in [6, 6.07) is 8.28. The zero-order valence-electron chi connectivity index (χ0n) is 11.0. The summed E-state index contributed by atoms with van der Waals surface area (Å²) in [7, 11) is 0. The number of carbonyl (C=O) groups excluding carboxylic acids is 1. The predicted octanol–water partition coefficient (Wildman–Crippen LogP) is 3.30. The van der Waals surface area contributed by atoms with E-state index in [0.717, 1.165) is 23.0 Å². The average Bonchev–Trinajstić information content (AvgIpc) is 2.40. The SMILES string of the molecule is Cc1cccc(C(=O)NC2CC3CCC2CC3)c1. The van der Waals surface area contributed by atoms with E-state index in [9.17, 15) is 4.79 Å². The maximum absolute atomic E-state index is 12.2. The van der Waals surface area contributed by atoms with Gasteiger partial charge in [-0.2, -0.15) is 0 Å². The van der Waals surface area contributed by atoms with Gasteiger partial charge in [-0.25, -0.2) is 0 Å². The molecule has 0 aromatic heterocycles. The molecule has 2 bridgehead atoms. The lowest BCUT2D eigenvalue weighted by Crippen LogP contribution is -2.47.